The van der Waals surface area contributed by atoms with E-state index < -0.39 is 0 Å². The molecule has 0 spiro atoms. The second-order valence-corrected chi connectivity index (χ2v) is 9.84. The van der Waals surface area contributed by atoms with Crippen molar-refractivity contribution in [2.75, 3.05) is 52.4 Å². The van der Waals surface area contributed by atoms with Crippen molar-refractivity contribution in [3.63, 3.8) is 0 Å². The van der Waals surface area contributed by atoms with E-state index in [0.29, 0.717) is 11.8 Å². The van der Waals surface area contributed by atoms with Crippen LogP contribution in [0.4, 0.5) is 0 Å². The molecule has 2 saturated heterocycles. The summed E-state index contributed by atoms with van der Waals surface area (Å²) in [5.41, 5.74) is 0. The van der Waals surface area contributed by atoms with Gasteiger partial charge < -0.3 is 20.9 Å². The van der Waals surface area contributed by atoms with Crippen molar-refractivity contribution in [3.05, 3.63) is 0 Å². The summed E-state index contributed by atoms with van der Waals surface area (Å²) in [5.74, 6) is 2.74. The fourth-order valence-electron chi connectivity index (χ4n) is 5.35. The molecule has 3 fully saturated rings. The van der Waals surface area contributed by atoms with Crippen LogP contribution in [0.2, 0.25) is 0 Å². The maximum atomic E-state index is 12.6. The molecule has 1 amide bonds. The van der Waals surface area contributed by atoms with E-state index in [9.17, 15) is 4.79 Å². The first-order chi connectivity index (χ1) is 14.3. The van der Waals surface area contributed by atoms with Crippen LogP contribution in [0.15, 0.2) is 0 Å². The maximum absolute atomic E-state index is 12.6. The summed E-state index contributed by atoms with van der Waals surface area (Å²) in [7, 11) is 0. The summed E-state index contributed by atoms with van der Waals surface area (Å²) < 4.78 is 0. The van der Waals surface area contributed by atoms with Crippen LogP contribution < -0.4 is 16.0 Å². The number of carbonyl (C=O) groups excluding carboxylic acids is 1. The SMILES string of the molecule is O=C(CC1CCCCC1)N1CCC(CNCCCCNCC2CCNCC2)CC1. The molecule has 3 N–H and O–H groups in total. The topological polar surface area (TPSA) is 56.4 Å². The van der Waals surface area contributed by atoms with Gasteiger partial charge >= 0.3 is 0 Å². The number of likely N-dealkylation sites (tertiary alicyclic amines) is 1. The Hall–Kier alpha value is -0.650. The molecule has 5 nitrogen and oxygen atoms in total. The summed E-state index contributed by atoms with van der Waals surface area (Å²) in [6.07, 6.45) is 15.0. The zero-order valence-electron chi connectivity index (χ0n) is 18.7. The standard InChI is InChI=1S/C24H46N4O/c29-24(18-21-6-2-1-3-7-21)28-16-10-23(11-17-28)20-27-13-5-4-12-26-19-22-8-14-25-15-9-22/h21-23,25-27H,1-20H2. The lowest BCUT2D eigenvalue weighted by molar-refractivity contribution is -0.133. The molecule has 0 aromatic carbocycles. The fourth-order valence-corrected chi connectivity index (χ4v) is 5.35. The molecule has 5 heteroatoms. The van der Waals surface area contributed by atoms with E-state index in [2.05, 4.69) is 20.9 Å². The van der Waals surface area contributed by atoms with E-state index in [4.69, 9.17) is 0 Å². The molecule has 0 bridgehead atoms. The monoisotopic (exact) mass is 406 g/mol. The fraction of sp³-hybridized carbons (Fsp3) is 0.958. The molecule has 0 aromatic rings. The van der Waals surface area contributed by atoms with Gasteiger partial charge in [-0.3, -0.25) is 4.79 Å². The van der Waals surface area contributed by atoms with Crippen LogP contribution in [0.1, 0.15) is 77.0 Å². The zero-order valence-corrected chi connectivity index (χ0v) is 18.7. The van der Waals surface area contributed by atoms with Crippen LogP contribution in [-0.4, -0.2) is 63.2 Å². The molecule has 1 saturated carbocycles. The highest BCUT2D eigenvalue weighted by atomic mass is 16.2. The molecule has 2 aliphatic heterocycles. The Morgan fingerprint density at radius 1 is 0.759 bits per heavy atom. The van der Waals surface area contributed by atoms with Gasteiger partial charge in [0.2, 0.25) is 5.91 Å². The minimum Gasteiger partial charge on any atom is -0.343 e. The van der Waals surface area contributed by atoms with Crippen LogP contribution in [-0.2, 0) is 4.79 Å². The zero-order chi connectivity index (χ0) is 20.2. The van der Waals surface area contributed by atoms with Gasteiger partial charge in [0.05, 0.1) is 0 Å². The first kappa shape index (κ1) is 23.0. The molecule has 0 radical (unpaired) electrons. The second kappa shape index (κ2) is 13.6. The lowest BCUT2D eigenvalue weighted by atomic mass is 9.86. The largest absolute Gasteiger partial charge is 0.343 e. The van der Waals surface area contributed by atoms with E-state index in [1.165, 1.54) is 90.3 Å². The Bertz CT molecular complexity index is 438. The molecule has 168 valence electrons. The number of unbranched alkanes of at least 4 members (excludes halogenated alkanes) is 1. The van der Waals surface area contributed by atoms with Gasteiger partial charge in [-0.15, -0.1) is 0 Å². The number of hydrogen-bond donors (Lipinski definition) is 3. The number of carbonyl (C=O) groups is 1. The summed E-state index contributed by atoms with van der Waals surface area (Å²) in [5, 5.41) is 10.7. The molecule has 0 atom stereocenters. The lowest BCUT2D eigenvalue weighted by Gasteiger charge is -2.33. The normalized spacial score (nSPS) is 22.8. The molecule has 29 heavy (non-hydrogen) atoms. The van der Waals surface area contributed by atoms with E-state index in [1.54, 1.807) is 0 Å². The van der Waals surface area contributed by atoms with Crippen molar-refractivity contribution < 1.29 is 4.79 Å². The summed E-state index contributed by atoms with van der Waals surface area (Å²) in [4.78, 5) is 14.7. The minimum absolute atomic E-state index is 0.431. The molecule has 0 aromatic heterocycles. The van der Waals surface area contributed by atoms with Crippen LogP contribution in [0, 0.1) is 17.8 Å². The number of hydrogen-bond acceptors (Lipinski definition) is 4. The Morgan fingerprint density at radius 3 is 1.97 bits per heavy atom. The molecule has 0 unspecified atom stereocenters. The number of nitrogens with one attached hydrogen (secondary N) is 3. The van der Waals surface area contributed by atoms with Gasteiger partial charge in [0.1, 0.15) is 0 Å². The van der Waals surface area contributed by atoms with E-state index >= 15 is 0 Å². The quantitative estimate of drug-likeness (QED) is 0.461. The predicted molar refractivity (Wildman–Crippen MR) is 121 cm³/mol. The first-order valence-corrected chi connectivity index (χ1v) is 12.7. The third kappa shape index (κ3) is 8.94. The number of amides is 1. The van der Waals surface area contributed by atoms with Crippen LogP contribution in [0.5, 0.6) is 0 Å². The molecule has 3 rings (SSSR count). The van der Waals surface area contributed by atoms with Crippen LogP contribution >= 0.6 is 0 Å². The molecular weight excluding hydrogens is 360 g/mol. The van der Waals surface area contributed by atoms with E-state index in [-0.39, 0.29) is 0 Å². The van der Waals surface area contributed by atoms with Gasteiger partial charge in [0.25, 0.3) is 0 Å². The van der Waals surface area contributed by atoms with Crippen molar-refractivity contribution in [2.24, 2.45) is 17.8 Å². The Labute approximate surface area is 179 Å². The second-order valence-electron chi connectivity index (χ2n) is 9.84. The summed E-state index contributed by atoms with van der Waals surface area (Å²) >= 11 is 0. The van der Waals surface area contributed by atoms with Gasteiger partial charge in [-0.05, 0) is 108 Å². The third-order valence-electron chi connectivity index (χ3n) is 7.44. The van der Waals surface area contributed by atoms with Gasteiger partial charge in [-0.25, -0.2) is 0 Å². The van der Waals surface area contributed by atoms with Gasteiger partial charge in [-0.1, -0.05) is 19.3 Å². The Balaban J connectivity index is 1.13. The molecule has 2 heterocycles. The van der Waals surface area contributed by atoms with Crippen molar-refractivity contribution in [3.8, 4) is 0 Å². The number of rotatable bonds is 11. The van der Waals surface area contributed by atoms with E-state index in [0.717, 1.165) is 51.0 Å². The third-order valence-corrected chi connectivity index (χ3v) is 7.44. The van der Waals surface area contributed by atoms with E-state index in [1.807, 2.05) is 0 Å². The summed E-state index contributed by atoms with van der Waals surface area (Å²) in [6, 6.07) is 0. The highest BCUT2D eigenvalue weighted by Gasteiger charge is 2.25. The average molecular weight is 407 g/mol. The Kier molecular flexibility index (Phi) is 10.8. The predicted octanol–water partition coefficient (Wildman–Crippen LogP) is 3.15. The number of piperidine rings is 2. The Morgan fingerprint density at radius 2 is 1.34 bits per heavy atom. The van der Waals surface area contributed by atoms with Crippen molar-refractivity contribution >= 4 is 5.91 Å². The molecule has 3 aliphatic rings. The van der Waals surface area contributed by atoms with Crippen LogP contribution in [0.3, 0.4) is 0 Å². The van der Waals surface area contributed by atoms with Crippen molar-refractivity contribution in [1.82, 2.24) is 20.9 Å². The highest BCUT2D eigenvalue weighted by Crippen LogP contribution is 2.27. The molecule has 1 aliphatic carbocycles. The number of nitrogens with zero attached hydrogens (tertiary/aromatic N) is 1. The highest BCUT2D eigenvalue weighted by molar-refractivity contribution is 5.76. The first-order valence-electron chi connectivity index (χ1n) is 12.7. The van der Waals surface area contributed by atoms with Crippen molar-refractivity contribution in [1.29, 1.82) is 0 Å². The lowest BCUT2D eigenvalue weighted by Crippen LogP contribution is -2.41. The smallest absolute Gasteiger partial charge is 0.222 e. The van der Waals surface area contributed by atoms with Gasteiger partial charge in [-0.2, -0.15) is 0 Å². The maximum Gasteiger partial charge on any atom is 0.222 e. The molecular formula is C24H46N4O. The summed E-state index contributed by atoms with van der Waals surface area (Å²) in [6.45, 7) is 8.99. The van der Waals surface area contributed by atoms with Crippen molar-refractivity contribution in [2.45, 2.75) is 77.0 Å². The average Bonchev–Trinajstić information content (AvgIpc) is 2.77. The van der Waals surface area contributed by atoms with Gasteiger partial charge in [0, 0.05) is 19.5 Å². The van der Waals surface area contributed by atoms with Gasteiger partial charge in [0.15, 0.2) is 0 Å². The minimum atomic E-state index is 0.431. The van der Waals surface area contributed by atoms with Crippen LogP contribution in [0.25, 0.3) is 0 Å².